The molecule has 0 unspecified atom stereocenters. The Morgan fingerprint density at radius 1 is 1.15 bits per heavy atom. The van der Waals surface area contributed by atoms with Crippen LogP contribution in [0.1, 0.15) is 49.4 Å². The molecular formula is C32H36ClN5O. The van der Waals surface area contributed by atoms with E-state index in [0.717, 1.165) is 74.8 Å². The van der Waals surface area contributed by atoms with Crippen molar-refractivity contribution in [3.8, 4) is 23.1 Å². The minimum Gasteiger partial charge on any atom is -0.493 e. The number of nitrogens with one attached hydrogen (secondary N) is 1. The number of anilines is 1. The number of piperidine rings is 1. The van der Waals surface area contributed by atoms with Gasteiger partial charge in [-0.05, 0) is 81.1 Å². The van der Waals surface area contributed by atoms with Gasteiger partial charge in [0.15, 0.2) is 0 Å². The Kier molecular flexibility index (Phi) is 7.49. The summed E-state index contributed by atoms with van der Waals surface area (Å²) in [6.07, 6.45) is 4.55. The van der Waals surface area contributed by atoms with E-state index in [4.69, 9.17) is 21.3 Å². The van der Waals surface area contributed by atoms with Crippen LogP contribution in [-0.2, 0) is 12.0 Å². The Morgan fingerprint density at radius 3 is 2.77 bits per heavy atom. The monoisotopic (exact) mass is 541 g/mol. The van der Waals surface area contributed by atoms with Crippen molar-refractivity contribution >= 4 is 17.3 Å². The van der Waals surface area contributed by atoms with Crippen LogP contribution in [0.25, 0.3) is 11.3 Å². The molecule has 3 aliphatic rings. The van der Waals surface area contributed by atoms with Crippen LogP contribution in [-0.4, -0.2) is 55.3 Å². The highest BCUT2D eigenvalue weighted by Crippen LogP contribution is 2.44. The fourth-order valence-corrected chi connectivity index (χ4v) is 7.00. The van der Waals surface area contributed by atoms with Crippen LogP contribution in [0, 0.1) is 11.3 Å². The van der Waals surface area contributed by atoms with Gasteiger partial charge in [0.1, 0.15) is 11.8 Å². The van der Waals surface area contributed by atoms with E-state index >= 15 is 0 Å². The summed E-state index contributed by atoms with van der Waals surface area (Å²) in [5, 5.41) is 14.0. The van der Waals surface area contributed by atoms with E-state index in [-0.39, 0.29) is 5.41 Å². The van der Waals surface area contributed by atoms with Crippen molar-refractivity contribution in [2.45, 2.75) is 50.6 Å². The Morgan fingerprint density at radius 2 is 2.00 bits per heavy atom. The van der Waals surface area contributed by atoms with Gasteiger partial charge in [-0.2, -0.15) is 5.26 Å². The first-order valence-corrected chi connectivity index (χ1v) is 14.6. The van der Waals surface area contributed by atoms with Crippen molar-refractivity contribution in [3.63, 3.8) is 0 Å². The number of hydrogen-bond donors (Lipinski definition) is 1. The average Bonchev–Trinajstić information content (AvgIpc) is 3.47. The van der Waals surface area contributed by atoms with Gasteiger partial charge in [0.2, 0.25) is 0 Å². The molecule has 1 spiro atoms. The molecule has 2 fully saturated rings. The minimum absolute atomic E-state index is 0.0485. The summed E-state index contributed by atoms with van der Waals surface area (Å²) >= 11 is 6.18. The van der Waals surface area contributed by atoms with Crippen molar-refractivity contribution in [1.29, 1.82) is 5.26 Å². The molecule has 1 atom stereocenters. The number of fused-ring (bicyclic) bond motifs is 2. The van der Waals surface area contributed by atoms with Gasteiger partial charge in [0, 0.05) is 54.8 Å². The van der Waals surface area contributed by atoms with E-state index in [0.29, 0.717) is 23.2 Å². The molecule has 7 heteroatoms. The first kappa shape index (κ1) is 26.1. The molecule has 0 saturated carbocycles. The molecule has 39 heavy (non-hydrogen) atoms. The van der Waals surface area contributed by atoms with Crippen LogP contribution >= 0.6 is 11.6 Å². The molecule has 1 aromatic heterocycles. The standard InChI is InChI=1S/C32H36ClN5O/c1-2-39-31-8-4-3-7-26(31)28-11-10-27-29(36-28)21-37(20-25-6-5-15-35-25)22-32(27)13-16-38(17-14-32)30-12-9-24(33)18-23(30)19-34/h3-4,7-12,18,25,35H,2,5-6,13-17,20-22H2,1H3/t25-/m0/s1. The SMILES string of the molecule is CCOc1ccccc1-c1ccc2c(n1)CN(C[C@@H]1CCCN1)CC21CCN(c2ccc(Cl)cc2C#N)CC1. The zero-order valence-electron chi connectivity index (χ0n) is 22.6. The lowest BCUT2D eigenvalue weighted by atomic mass is 9.69. The van der Waals surface area contributed by atoms with Gasteiger partial charge in [-0.1, -0.05) is 29.8 Å². The maximum Gasteiger partial charge on any atom is 0.128 e. The number of benzene rings is 2. The van der Waals surface area contributed by atoms with Crippen LogP contribution < -0.4 is 15.0 Å². The van der Waals surface area contributed by atoms with Gasteiger partial charge < -0.3 is 15.0 Å². The highest BCUT2D eigenvalue weighted by Gasteiger charge is 2.43. The normalized spacial score (nSPS) is 20.5. The zero-order valence-corrected chi connectivity index (χ0v) is 23.4. The summed E-state index contributed by atoms with van der Waals surface area (Å²) in [4.78, 5) is 10.3. The van der Waals surface area contributed by atoms with Gasteiger partial charge in [-0.15, -0.1) is 0 Å². The second-order valence-electron chi connectivity index (χ2n) is 11.1. The predicted molar refractivity (Wildman–Crippen MR) is 156 cm³/mol. The number of nitrogens with zero attached hydrogens (tertiary/aromatic N) is 4. The quantitative estimate of drug-likeness (QED) is 0.427. The molecule has 2 saturated heterocycles. The molecule has 0 amide bonds. The summed E-state index contributed by atoms with van der Waals surface area (Å²) < 4.78 is 5.94. The third kappa shape index (κ3) is 5.24. The molecule has 3 aromatic rings. The summed E-state index contributed by atoms with van der Waals surface area (Å²) in [5.41, 5.74) is 6.30. The molecule has 4 heterocycles. The van der Waals surface area contributed by atoms with Crippen LogP contribution in [0.15, 0.2) is 54.6 Å². The van der Waals surface area contributed by atoms with Crippen molar-refractivity contribution in [3.05, 3.63) is 76.4 Å². The third-order valence-electron chi connectivity index (χ3n) is 8.69. The highest BCUT2D eigenvalue weighted by atomic mass is 35.5. The summed E-state index contributed by atoms with van der Waals surface area (Å²) in [7, 11) is 0. The molecular weight excluding hydrogens is 506 g/mol. The van der Waals surface area contributed by atoms with E-state index < -0.39 is 0 Å². The van der Waals surface area contributed by atoms with Crippen LogP contribution in [0.3, 0.4) is 0 Å². The van der Waals surface area contributed by atoms with E-state index in [1.165, 1.54) is 24.1 Å². The molecule has 0 radical (unpaired) electrons. The molecule has 1 N–H and O–H groups in total. The predicted octanol–water partition coefficient (Wildman–Crippen LogP) is 5.78. The Bertz CT molecular complexity index is 1370. The fourth-order valence-electron chi connectivity index (χ4n) is 6.83. The van der Waals surface area contributed by atoms with Gasteiger partial charge in [0.05, 0.1) is 29.2 Å². The summed E-state index contributed by atoms with van der Waals surface area (Å²) in [6, 6.07) is 21.3. The lowest BCUT2D eigenvalue weighted by Gasteiger charge is -2.49. The smallest absolute Gasteiger partial charge is 0.128 e. The van der Waals surface area contributed by atoms with E-state index in [2.05, 4.69) is 45.5 Å². The molecule has 0 aliphatic carbocycles. The van der Waals surface area contributed by atoms with Gasteiger partial charge >= 0.3 is 0 Å². The average molecular weight is 542 g/mol. The maximum absolute atomic E-state index is 9.72. The topological polar surface area (TPSA) is 64.4 Å². The van der Waals surface area contributed by atoms with Crippen molar-refractivity contribution < 1.29 is 4.74 Å². The van der Waals surface area contributed by atoms with Gasteiger partial charge in [-0.3, -0.25) is 9.88 Å². The number of nitriles is 1. The summed E-state index contributed by atoms with van der Waals surface area (Å²) in [6.45, 7) is 8.56. The Labute approximate surface area is 236 Å². The van der Waals surface area contributed by atoms with Crippen LogP contribution in [0.5, 0.6) is 5.75 Å². The van der Waals surface area contributed by atoms with Crippen molar-refractivity contribution in [1.82, 2.24) is 15.2 Å². The van der Waals surface area contributed by atoms with E-state index in [9.17, 15) is 5.26 Å². The lowest BCUT2D eigenvalue weighted by molar-refractivity contribution is 0.140. The second-order valence-corrected chi connectivity index (χ2v) is 11.6. The largest absolute Gasteiger partial charge is 0.493 e. The number of hydrogen-bond acceptors (Lipinski definition) is 6. The molecule has 3 aliphatic heterocycles. The Hall–Kier alpha value is -3.11. The number of pyridine rings is 1. The number of halogens is 1. The van der Waals surface area contributed by atoms with E-state index in [1.807, 2.05) is 31.2 Å². The van der Waals surface area contributed by atoms with Gasteiger partial charge in [0.25, 0.3) is 0 Å². The van der Waals surface area contributed by atoms with Gasteiger partial charge in [-0.25, -0.2) is 0 Å². The van der Waals surface area contributed by atoms with Crippen LogP contribution in [0.4, 0.5) is 5.69 Å². The molecule has 6 nitrogen and oxygen atoms in total. The number of aromatic nitrogens is 1. The maximum atomic E-state index is 9.72. The van der Waals surface area contributed by atoms with Crippen LogP contribution in [0.2, 0.25) is 5.02 Å². The highest BCUT2D eigenvalue weighted by molar-refractivity contribution is 6.30. The van der Waals surface area contributed by atoms with E-state index in [1.54, 1.807) is 6.07 Å². The zero-order chi connectivity index (χ0) is 26.8. The first-order chi connectivity index (χ1) is 19.1. The second kappa shape index (κ2) is 11.2. The first-order valence-electron chi connectivity index (χ1n) is 14.2. The fraction of sp³-hybridized carbons (Fsp3) is 0.438. The molecule has 2 aromatic carbocycles. The molecule has 202 valence electrons. The number of ether oxygens (including phenoxy) is 1. The molecule has 0 bridgehead atoms. The van der Waals surface area contributed by atoms with Crippen molar-refractivity contribution in [2.24, 2.45) is 0 Å². The van der Waals surface area contributed by atoms with Crippen molar-refractivity contribution in [2.75, 3.05) is 44.2 Å². The third-order valence-corrected chi connectivity index (χ3v) is 8.92. The minimum atomic E-state index is 0.0485. The number of para-hydroxylation sites is 1. The lowest BCUT2D eigenvalue weighted by Crippen LogP contribution is -2.54. The molecule has 6 rings (SSSR count). The Balaban J connectivity index is 1.32. The number of rotatable bonds is 6. The summed E-state index contributed by atoms with van der Waals surface area (Å²) in [5.74, 6) is 0.884.